The zero-order chi connectivity index (χ0) is 18.3. The molecular formula is C16H20O8. The van der Waals surface area contributed by atoms with Gasteiger partial charge in [0.15, 0.2) is 23.4 Å². The Morgan fingerprint density at radius 3 is 2.33 bits per heavy atom. The summed E-state index contributed by atoms with van der Waals surface area (Å²) in [6.07, 6.45) is -1.62. The highest BCUT2D eigenvalue weighted by Gasteiger charge is 2.27. The van der Waals surface area contributed by atoms with Gasteiger partial charge in [-0.25, -0.2) is 4.79 Å². The van der Waals surface area contributed by atoms with Gasteiger partial charge in [-0.1, -0.05) is 12.1 Å². The summed E-state index contributed by atoms with van der Waals surface area (Å²) in [6, 6.07) is 2.82. The van der Waals surface area contributed by atoms with E-state index in [2.05, 4.69) is 6.58 Å². The van der Waals surface area contributed by atoms with Crippen LogP contribution in [0, 0.1) is 0 Å². The minimum Gasteiger partial charge on any atom is -0.492 e. The van der Waals surface area contributed by atoms with Crippen molar-refractivity contribution in [3.63, 3.8) is 0 Å². The van der Waals surface area contributed by atoms with E-state index in [-0.39, 0.29) is 23.5 Å². The van der Waals surface area contributed by atoms with Gasteiger partial charge in [0.1, 0.15) is 6.10 Å². The molecule has 1 aromatic carbocycles. The van der Waals surface area contributed by atoms with E-state index < -0.39 is 37.2 Å². The second-order valence-electron chi connectivity index (χ2n) is 4.81. The van der Waals surface area contributed by atoms with Crippen LogP contribution in [-0.2, 0) is 11.2 Å². The molecule has 0 heterocycles. The Morgan fingerprint density at radius 2 is 1.83 bits per heavy atom. The lowest BCUT2D eigenvalue weighted by Gasteiger charge is -2.18. The van der Waals surface area contributed by atoms with Gasteiger partial charge in [0.05, 0.1) is 25.9 Å². The number of methoxy groups -OCH3 is 1. The third kappa shape index (κ3) is 4.39. The van der Waals surface area contributed by atoms with Gasteiger partial charge in [-0.05, 0) is 18.1 Å². The van der Waals surface area contributed by atoms with Crippen LogP contribution in [0.2, 0.25) is 0 Å². The summed E-state index contributed by atoms with van der Waals surface area (Å²) in [5, 5.41) is 36.7. The Morgan fingerprint density at radius 1 is 1.21 bits per heavy atom. The molecule has 8 heteroatoms. The number of ketones is 1. The van der Waals surface area contributed by atoms with Gasteiger partial charge >= 0.3 is 5.97 Å². The molecule has 0 saturated heterocycles. The molecule has 1 rings (SSSR count). The van der Waals surface area contributed by atoms with Gasteiger partial charge in [-0.15, -0.1) is 6.58 Å². The minimum absolute atomic E-state index is 0.0669. The smallest absolute Gasteiger partial charge is 0.342 e. The lowest BCUT2D eigenvalue weighted by atomic mass is 9.96. The lowest BCUT2D eigenvalue weighted by molar-refractivity contribution is -0.145. The van der Waals surface area contributed by atoms with Crippen molar-refractivity contribution in [3.8, 4) is 11.5 Å². The first-order valence-electron chi connectivity index (χ1n) is 7.05. The van der Waals surface area contributed by atoms with E-state index in [1.54, 1.807) is 0 Å². The summed E-state index contributed by atoms with van der Waals surface area (Å²) in [4.78, 5) is 23.9. The first-order valence-corrected chi connectivity index (χ1v) is 7.05. The number of carbonyl (C=O) groups is 2. The van der Waals surface area contributed by atoms with E-state index in [4.69, 9.17) is 19.7 Å². The fraction of sp³-hybridized carbons (Fsp3) is 0.375. The number of allylic oxidation sites excluding steroid dienone is 1. The highest BCUT2D eigenvalue weighted by molar-refractivity contribution is 6.04. The normalized spacial score (nSPS) is 13.0. The molecule has 0 spiro atoms. The zero-order valence-electron chi connectivity index (χ0n) is 13.1. The number of Topliss-reactive ketones (excluding diaryl/α,β-unsaturated/α-hetero) is 1. The fourth-order valence-corrected chi connectivity index (χ4v) is 1.98. The molecule has 0 radical (unpaired) electrons. The van der Waals surface area contributed by atoms with Crippen LogP contribution in [0.15, 0.2) is 24.8 Å². The number of esters is 1. The molecule has 2 unspecified atom stereocenters. The molecule has 0 fully saturated rings. The van der Waals surface area contributed by atoms with E-state index in [0.29, 0.717) is 5.56 Å². The number of hydrogen-bond donors (Lipinski definition) is 4. The third-order valence-corrected chi connectivity index (χ3v) is 3.15. The van der Waals surface area contributed by atoms with Gasteiger partial charge in [0.2, 0.25) is 0 Å². The van der Waals surface area contributed by atoms with Gasteiger partial charge < -0.3 is 29.9 Å². The molecule has 2 atom stereocenters. The molecular weight excluding hydrogens is 320 g/mol. The first kappa shape index (κ1) is 19.8. The van der Waals surface area contributed by atoms with Gasteiger partial charge in [0.25, 0.3) is 0 Å². The quantitative estimate of drug-likeness (QED) is 0.199. The van der Waals surface area contributed by atoms with Crippen LogP contribution in [-0.4, -0.2) is 64.7 Å². The molecule has 0 amide bonds. The number of ether oxygens (including phenoxy) is 2. The molecule has 1 aromatic rings. The van der Waals surface area contributed by atoms with Crippen LogP contribution in [0.4, 0.5) is 0 Å². The zero-order valence-corrected chi connectivity index (χ0v) is 13.1. The molecule has 0 aliphatic heterocycles. The summed E-state index contributed by atoms with van der Waals surface area (Å²) in [5.74, 6) is -2.25. The topological polar surface area (TPSA) is 134 Å². The van der Waals surface area contributed by atoms with Crippen molar-refractivity contribution in [1.29, 1.82) is 0 Å². The van der Waals surface area contributed by atoms with E-state index in [0.717, 1.165) is 0 Å². The van der Waals surface area contributed by atoms with Crippen molar-refractivity contribution >= 4 is 11.8 Å². The van der Waals surface area contributed by atoms with Crippen LogP contribution in [0.3, 0.4) is 0 Å². The Labute approximate surface area is 138 Å². The molecule has 0 saturated carbocycles. The summed E-state index contributed by atoms with van der Waals surface area (Å²) in [6.45, 7) is 1.95. The predicted molar refractivity (Wildman–Crippen MR) is 83.0 cm³/mol. The number of carbonyl (C=O) groups excluding carboxylic acids is 2. The lowest BCUT2D eigenvalue weighted by Crippen LogP contribution is -2.29. The van der Waals surface area contributed by atoms with E-state index >= 15 is 0 Å². The van der Waals surface area contributed by atoms with Gasteiger partial charge in [0, 0.05) is 0 Å². The Kier molecular flexibility index (Phi) is 7.53. The summed E-state index contributed by atoms with van der Waals surface area (Å²) in [5.41, 5.74) is 0.379. The molecule has 4 N–H and O–H groups in total. The fourth-order valence-electron chi connectivity index (χ4n) is 1.98. The molecule has 0 aliphatic carbocycles. The van der Waals surface area contributed by atoms with Gasteiger partial charge in [-0.2, -0.15) is 0 Å². The second kappa shape index (κ2) is 9.14. The Hall–Kier alpha value is -2.26. The molecule has 24 heavy (non-hydrogen) atoms. The van der Waals surface area contributed by atoms with Crippen molar-refractivity contribution in [2.24, 2.45) is 0 Å². The molecule has 8 nitrogen and oxygen atoms in total. The van der Waals surface area contributed by atoms with Crippen LogP contribution >= 0.6 is 0 Å². The highest BCUT2D eigenvalue weighted by atomic mass is 16.6. The predicted octanol–water partition coefficient (Wildman–Crippen LogP) is -0.782. The third-order valence-electron chi connectivity index (χ3n) is 3.15. The molecule has 0 aliphatic rings. The van der Waals surface area contributed by atoms with Crippen molar-refractivity contribution in [2.45, 2.75) is 18.6 Å². The number of aliphatic hydroxyl groups excluding tert-OH is 4. The van der Waals surface area contributed by atoms with Crippen LogP contribution in [0.1, 0.15) is 15.9 Å². The van der Waals surface area contributed by atoms with E-state index in [9.17, 15) is 19.8 Å². The molecule has 132 valence electrons. The molecule has 0 bridgehead atoms. The van der Waals surface area contributed by atoms with E-state index in [1.165, 1.54) is 25.3 Å². The van der Waals surface area contributed by atoms with Crippen molar-refractivity contribution in [3.05, 3.63) is 35.9 Å². The summed E-state index contributed by atoms with van der Waals surface area (Å²) < 4.78 is 10.1. The first-order chi connectivity index (χ1) is 11.4. The number of aliphatic hydroxyl groups is 4. The standard InChI is InChI=1S/C16H20O8/c1-3-4-9-5-6-12(24-16(22)11(20)8-18)15(23-2)13(9)14(21)10(19)7-17/h3,5-6,10-11,17-20H,1,4,7-8H2,2H3. The second-order valence-corrected chi connectivity index (χ2v) is 4.81. The van der Waals surface area contributed by atoms with Crippen LogP contribution in [0.25, 0.3) is 0 Å². The maximum atomic E-state index is 12.3. The van der Waals surface area contributed by atoms with Crippen molar-refractivity contribution < 1.29 is 39.5 Å². The Bertz CT molecular complexity index is 610. The number of benzene rings is 1. The number of hydrogen-bond acceptors (Lipinski definition) is 8. The molecule has 0 aromatic heterocycles. The maximum absolute atomic E-state index is 12.3. The SMILES string of the molecule is C=CCc1ccc(OC(=O)C(O)CO)c(OC)c1C(=O)C(O)CO. The monoisotopic (exact) mass is 340 g/mol. The summed E-state index contributed by atoms with van der Waals surface area (Å²) >= 11 is 0. The summed E-state index contributed by atoms with van der Waals surface area (Å²) in [7, 11) is 1.23. The average Bonchev–Trinajstić information content (AvgIpc) is 2.60. The van der Waals surface area contributed by atoms with E-state index in [1.807, 2.05) is 0 Å². The number of rotatable bonds is 9. The largest absolute Gasteiger partial charge is 0.492 e. The Balaban J connectivity index is 3.40. The van der Waals surface area contributed by atoms with Gasteiger partial charge in [-0.3, -0.25) is 4.79 Å². The van der Waals surface area contributed by atoms with Crippen molar-refractivity contribution in [1.82, 2.24) is 0 Å². The average molecular weight is 340 g/mol. The minimum atomic E-state index is -1.75. The highest BCUT2D eigenvalue weighted by Crippen LogP contribution is 2.35. The van der Waals surface area contributed by atoms with Crippen LogP contribution in [0.5, 0.6) is 11.5 Å². The van der Waals surface area contributed by atoms with Crippen LogP contribution < -0.4 is 9.47 Å². The van der Waals surface area contributed by atoms with Crippen molar-refractivity contribution in [2.75, 3.05) is 20.3 Å². The maximum Gasteiger partial charge on any atom is 0.342 e.